The minimum absolute atomic E-state index is 0.652. The van der Waals surface area contributed by atoms with Gasteiger partial charge in [-0.25, -0.2) is 0 Å². The molecule has 4 nitrogen and oxygen atoms in total. The smallest absolute Gasteiger partial charge is 0.159 e. The van der Waals surface area contributed by atoms with E-state index in [2.05, 4.69) is 265 Å². The maximum atomic E-state index is 6.77. The number of rotatable bonds is 6. The quantitative estimate of drug-likeness (QED) is 0.155. The first-order valence-electron chi connectivity index (χ1n) is 26.5. The van der Waals surface area contributed by atoms with Gasteiger partial charge in [0.1, 0.15) is 11.2 Å². The molecule has 1 spiro atoms. The summed E-state index contributed by atoms with van der Waals surface area (Å²) in [6.07, 6.45) is 0. The van der Waals surface area contributed by atoms with E-state index >= 15 is 0 Å². The monoisotopic (exact) mass is 980 g/mol. The molecule has 0 fully saturated rings. The summed E-state index contributed by atoms with van der Waals surface area (Å²) in [6, 6.07) is 97.6. The van der Waals surface area contributed by atoms with Gasteiger partial charge in [-0.3, -0.25) is 0 Å². The average Bonchev–Trinajstić information content (AvgIpc) is 3.45. The standard InChI is InChI=1S/C73H44N2O2/c1-3-19-46(20-4-1)74(64-33-17-29-58-54-26-11-15-35-66(54)76-71(58)64)48-38-41-50-45(43-48)37-40-60-68-56-28-8-7-23-51(56)61-44-49(75(47-21-5-2-6-22-47)65-34-18-30-59-55-27-12-16-36-67(55)77-72(59)65)39-42-57(61)70(68)73(69(50)60)62-31-13-9-24-52(62)53-25-10-14-32-63(53)73/h1-44H. The van der Waals surface area contributed by atoms with Crippen molar-refractivity contribution in [2.75, 3.05) is 9.80 Å². The number of benzene rings is 13. The Morgan fingerprint density at radius 3 is 1.35 bits per heavy atom. The van der Waals surface area contributed by atoms with Gasteiger partial charge in [0.05, 0.1) is 16.8 Å². The summed E-state index contributed by atoms with van der Waals surface area (Å²) < 4.78 is 13.5. The van der Waals surface area contributed by atoms with E-state index in [1.807, 2.05) is 12.1 Å². The first-order valence-corrected chi connectivity index (χ1v) is 26.5. The van der Waals surface area contributed by atoms with Crippen LogP contribution in [0.25, 0.3) is 98.4 Å². The summed E-state index contributed by atoms with van der Waals surface area (Å²) >= 11 is 0. The van der Waals surface area contributed by atoms with Crippen molar-refractivity contribution in [3.05, 3.63) is 289 Å². The van der Waals surface area contributed by atoms with Crippen molar-refractivity contribution in [2.45, 2.75) is 5.41 Å². The molecule has 0 saturated heterocycles. The predicted octanol–water partition coefficient (Wildman–Crippen LogP) is 20.2. The van der Waals surface area contributed by atoms with Gasteiger partial charge in [-0.1, -0.05) is 194 Å². The fraction of sp³-hybridized carbons (Fsp3) is 0.0137. The van der Waals surface area contributed by atoms with Crippen molar-refractivity contribution in [3.63, 3.8) is 0 Å². The van der Waals surface area contributed by atoms with Crippen molar-refractivity contribution in [1.82, 2.24) is 0 Å². The number of nitrogens with zero attached hydrogens (tertiary/aromatic N) is 2. The van der Waals surface area contributed by atoms with Crippen LogP contribution in [0.15, 0.2) is 276 Å². The van der Waals surface area contributed by atoms with Crippen molar-refractivity contribution in [2.24, 2.45) is 0 Å². The van der Waals surface area contributed by atoms with Gasteiger partial charge in [-0.05, 0) is 150 Å². The van der Waals surface area contributed by atoms with E-state index in [0.29, 0.717) is 0 Å². The summed E-state index contributed by atoms with van der Waals surface area (Å²) in [6.45, 7) is 0. The summed E-state index contributed by atoms with van der Waals surface area (Å²) in [7, 11) is 0. The highest BCUT2D eigenvalue weighted by Gasteiger charge is 2.54. The zero-order valence-electron chi connectivity index (χ0n) is 41.6. The first-order chi connectivity index (χ1) is 38.2. The SMILES string of the molecule is c1ccc(N(c2ccc3c4c(ccc3c2)-c2c(c3ccc(N(c5ccccc5)c5cccc6c5oc5ccccc56)cc3c3ccccc23)C42c3ccccc3-c3ccccc32)c2cccc3c2oc2ccccc23)cc1. The number of para-hydroxylation sites is 6. The van der Waals surface area contributed by atoms with Crippen molar-refractivity contribution >= 4 is 110 Å². The number of hydrogen-bond donors (Lipinski definition) is 0. The van der Waals surface area contributed by atoms with E-state index < -0.39 is 5.41 Å². The molecule has 13 aromatic carbocycles. The van der Waals surface area contributed by atoms with Gasteiger partial charge in [0.25, 0.3) is 0 Å². The van der Waals surface area contributed by atoms with Crippen molar-refractivity contribution in [3.8, 4) is 22.3 Å². The fourth-order valence-electron chi connectivity index (χ4n) is 13.8. The second-order valence-corrected chi connectivity index (χ2v) is 20.6. The number of anilines is 6. The molecule has 0 bridgehead atoms. The maximum absolute atomic E-state index is 6.77. The molecule has 0 N–H and O–H groups in total. The van der Waals surface area contributed by atoms with E-state index in [4.69, 9.17) is 8.83 Å². The van der Waals surface area contributed by atoms with Crippen LogP contribution >= 0.6 is 0 Å². The largest absolute Gasteiger partial charge is 0.454 e. The minimum atomic E-state index is -0.652. The van der Waals surface area contributed by atoms with E-state index in [1.54, 1.807) is 0 Å². The third kappa shape index (κ3) is 5.76. The molecule has 0 unspecified atom stereocenters. The summed E-state index contributed by atoms with van der Waals surface area (Å²) in [5, 5.41) is 11.7. The zero-order chi connectivity index (χ0) is 50.3. The van der Waals surface area contributed by atoms with E-state index in [1.165, 1.54) is 76.8 Å². The lowest BCUT2D eigenvalue weighted by Gasteiger charge is -2.33. The van der Waals surface area contributed by atoms with Crippen LogP contribution in [0.5, 0.6) is 0 Å². The van der Waals surface area contributed by atoms with Gasteiger partial charge in [0, 0.05) is 44.3 Å². The van der Waals surface area contributed by atoms with Crippen molar-refractivity contribution in [1.29, 1.82) is 0 Å². The van der Waals surface area contributed by atoms with Crippen molar-refractivity contribution < 1.29 is 8.83 Å². The van der Waals surface area contributed by atoms with Gasteiger partial charge in [0.15, 0.2) is 11.2 Å². The maximum Gasteiger partial charge on any atom is 0.159 e. The number of hydrogen-bond acceptors (Lipinski definition) is 4. The molecule has 2 aromatic heterocycles. The summed E-state index contributed by atoms with van der Waals surface area (Å²) in [5.74, 6) is 0. The molecule has 2 heterocycles. The molecule has 0 atom stereocenters. The molecular weight excluding hydrogens is 937 g/mol. The summed E-state index contributed by atoms with van der Waals surface area (Å²) in [5.41, 5.74) is 19.4. The van der Waals surface area contributed by atoms with E-state index in [-0.39, 0.29) is 0 Å². The highest BCUT2D eigenvalue weighted by atomic mass is 16.3. The average molecular weight is 981 g/mol. The van der Waals surface area contributed by atoms with Crippen LogP contribution in [0.3, 0.4) is 0 Å². The molecule has 15 aromatic rings. The zero-order valence-corrected chi connectivity index (χ0v) is 41.6. The van der Waals surface area contributed by atoms with Crippen LogP contribution in [0, 0.1) is 0 Å². The molecule has 0 radical (unpaired) electrons. The van der Waals surface area contributed by atoms with Gasteiger partial charge < -0.3 is 18.6 Å². The molecule has 0 amide bonds. The fourth-order valence-corrected chi connectivity index (χ4v) is 13.8. The van der Waals surface area contributed by atoms with E-state index in [9.17, 15) is 0 Å². The third-order valence-electron chi connectivity index (χ3n) is 16.8. The number of furan rings is 2. The van der Waals surface area contributed by atoms with Crippen LogP contribution in [0.2, 0.25) is 0 Å². The lowest BCUT2D eigenvalue weighted by atomic mass is 9.68. The lowest BCUT2D eigenvalue weighted by molar-refractivity contribution is 0.668. The lowest BCUT2D eigenvalue weighted by Crippen LogP contribution is -2.26. The molecular formula is C73H44N2O2. The van der Waals surface area contributed by atoms with E-state index in [0.717, 1.165) is 78.0 Å². The van der Waals surface area contributed by atoms with Crippen LogP contribution in [-0.4, -0.2) is 0 Å². The topological polar surface area (TPSA) is 32.8 Å². The molecule has 358 valence electrons. The second kappa shape index (κ2) is 15.9. The Balaban J connectivity index is 0.941. The van der Waals surface area contributed by atoms with Crippen LogP contribution in [0.1, 0.15) is 22.3 Å². The Kier molecular flexibility index (Phi) is 8.73. The van der Waals surface area contributed by atoms with Crippen LogP contribution in [-0.2, 0) is 5.41 Å². The highest BCUT2D eigenvalue weighted by molar-refractivity contribution is 6.23. The minimum Gasteiger partial charge on any atom is -0.454 e. The third-order valence-corrected chi connectivity index (χ3v) is 16.8. The highest BCUT2D eigenvalue weighted by Crippen LogP contribution is 2.67. The van der Waals surface area contributed by atoms with Gasteiger partial charge >= 0.3 is 0 Å². The Morgan fingerprint density at radius 2 is 0.753 bits per heavy atom. The Hall–Kier alpha value is -10.2. The molecule has 0 aliphatic heterocycles. The Morgan fingerprint density at radius 1 is 0.273 bits per heavy atom. The molecule has 0 saturated carbocycles. The van der Waals surface area contributed by atoms with Crippen LogP contribution < -0.4 is 9.80 Å². The predicted molar refractivity (Wildman–Crippen MR) is 319 cm³/mol. The normalized spacial score (nSPS) is 13.0. The molecule has 17 rings (SSSR count). The van der Waals surface area contributed by atoms with Gasteiger partial charge in [0.2, 0.25) is 0 Å². The molecule has 77 heavy (non-hydrogen) atoms. The van der Waals surface area contributed by atoms with Crippen LogP contribution in [0.4, 0.5) is 34.1 Å². The summed E-state index contributed by atoms with van der Waals surface area (Å²) in [4.78, 5) is 4.73. The molecule has 2 aliphatic rings. The van der Waals surface area contributed by atoms with Gasteiger partial charge in [-0.2, -0.15) is 0 Å². The number of fused-ring (bicyclic) bond motifs is 23. The Bertz CT molecular complexity index is 4910. The second-order valence-electron chi connectivity index (χ2n) is 20.6. The first kappa shape index (κ1) is 42.2. The Labute approximate surface area is 443 Å². The molecule has 2 aliphatic carbocycles. The van der Waals surface area contributed by atoms with Gasteiger partial charge in [-0.15, -0.1) is 0 Å². The molecule has 4 heteroatoms.